The molecule has 0 radical (unpaired) electrons. The van der Waals surface area contributed by atoms with Gasteiger partial charge in [-0.15, -0.1) is 0 Å². The second-order valence-corrected chi connectivity index (χ2v) is 3.73. The molecule has 1 heterocycles. The summed E-state index contributed by atoms with van der Waals surface area (Å²) in [6.45, 7) is 2.94. The maximum absolute atomic E-state index is 13.5. The molecule has 1 aliphatic rings. The van der Waals surface area contributed by atoms with Gasteiger partial charge in [-0.1, -0.05) is 0 Å². The molecule has 0 N–H and O–H groups in total. The molecule has 84 valence electrons. The summed E-state index contributed by atoms with van der Waals surface area (Å²) in [5, 5.41) is 8.75. The number of ether oxygens (including phenoxy) is 2. The van der Waals surface area contributed by atoms with E-state index in [2.05, 4.69) is 0 Å². The molecule has 1 saturated heterocycles. The van der Waals surface area contributed by atoms with Crippen molar-refractivity contribution >= 4 is 0 Å². The molecule has 0 unspecified atom stereocenters. The van der Waals surface area contributed by atoms with Crippen LogP contribution >= 0.6 is 0 Å². The van der Waals surface area contributed by atoms with Crippen LogP contribution < -0.4 is 0 Å². The highest BCUT2D eigenvalue weighted by molar-refractivity contribution is 5.41. The number of aryl methyl sites for hydroxylation is 1. The summed E-state index contributed by atoms with van der Waals surface area (Å²) < 4.78 is 24.3. The Morgan fingerprint density at radius 3 is 2.62 bits per heavy atom. The lowest BCUT2D eigenvalue weighted by molar-refractivity contribution is -0.183. The van der Waals surface area contributed by atoms with Crippen molar-refractivity contribution in [3.63, 3.8) is 0 Å². The van der Waals surface area contributed by atoms with Crippen LogP contribution in [0.15, 0.2) is 12.1 Å². The highest BCUT2D eigenvalue weighted by Gasteiger charge is 2.19. The lowest BCUT2D eigenvalue weighted by Gasteiger charge is -2.23. The van der Waals surface area contributed by atoms with Crippen molar-refractivity contribution in [2.75, 3.05) is 13.2 Å². The van der Waals surface area contributed by atoms with Crippen LogP contribution in [0.25, 0.3) is 0 Å². The van der Waals surface area contributed by atoms with Crippen LogP contribution in [-0.4, -0.2) is 13.2 Å². The van der Waals surface area contributed by atoms with Crippen molar-refractivity contribution in [2.24, 2.45) is 0 Å². The summed E-state index contributed by atoms with van der Waals surface area (Å²) in [5.74, 6) is -0.518. The third-order valence-electron chi connectivity index (χ3n) is 2.52. The number of nitriles is 1. The smallest absolute Gasteiger partial charge is 0.183 e. The fourth-order valence-corrected chi connectivity index (χ4v) is 1.73. The molecule has 3 nitrogen and oxygen atoms in total. The van der Waals surface area contributed by atoms with Crippen molar-refractivity contribution in [1.82, 2.24) is 0 Å². The van der Waals surface area contributed by atoms with Gasteiger partial charge in [0.2, 0.25) is 0 Å². The topological polar surface area (TPSA) is 42.2 Å². The van der Waals surface area contributed by atoms with Crippen molar-refractivity contribution in [1.29, 1.82) is 5.26 Å². The van der Waals surface area contributed by atoms with Crippen LogP contribution in [-0.2, 0) is 9.47 Å². The van der Waals surface area contributed by atoms with Crippen molar-refractivity contribution in [3.05, 3.63) is 34.6 Å². The van der Waals surface area contributed by atoms with Gasteiger partial charge >= 0.3 is 0 Å². The number of nitrogens with zero attached hydrogens (tertiary/aromatic N) is 1. The Morgan fingerprint density at radius 2 is 2.06 bits per heavy atom. The van der Waals surface area contributed by atoms with E-state index in [-0.39, 0.29) is 5.56 Å². The third kappa shape index (κ3) is 2.06. The molecular formula is C12H12FNO2. The van der Waals surface area contributed by atoms with Gasteiger partial charge in [-0.2, -0.15) is 5.26 Å². The number of benzene rings is 1. The van der Waals surface area contributed by atoms with Crippen LogP contribution in [0.3, 0.4) is 0 Å². The van der Waals surface area contributed by atoms with Gasteiger partial charge < -0.3 is 9.47 Å². The fraction of sp³-hybridized carbons (Fsp3) is 0.417. The van der Waals surface area contributed by atoms with Gasteiger partial charge in [0.1, 0.15) is 11.9 Å². The van der Waals surface area contributed by atoms with Gasteiger partial charge in [-0.3, -0.25) is 0 Å². The summed E-state index contributed by atoms with van der Waals surface area (Å²) in [6.07, 6.45) is 0.350. The molecule has 1 fully saturated rings. The van der Waals surface area contributed by atoms with Gasteiger partial charge in [-0.25, -0.2) is 4.39 Å². The predicted octanol–water partition coefficient (Wildman–Crippen LogP) is 2.44. The Kier molecular flexibility index (Phi) is 3.18. The third-order valence-corrected chi connectivity index (χ3v) is 2.52. The molecule has 0 bridgehead atoms. The molecule has 2 rings (SSSR count). The van der Waals surface area contributed by atoms with E-state index >= 15 is 0 Å². The van der Waals surface area contributed by atoms with Crippen LogP contribution in [0, 0.1) is 24.1 Å². The van der Waals surface area contributed by atoms with E-state index < -0.39 is 12.1 Å². The molecule has 0 spiro atoms. The van der Waals surface area contributed by atoms with E-state index in [1.54, 1.807) is 13.0 Å². The molecule has 16 heavy (non-hydrogen) atoms. The molecule has 0 atom stereocenters. The summed E-state index contributed by atoms with van der Waals surface area (Å²) in [6, 6.07) is 4.88. The summed E-state index contributed by atoms with van der Waals surface area (Å²) >= 11 is 0. The standard InChI is InChI=1S/C12H12FNO2/c1-8-5-9(6-11(13)10(8)7-14)12-15-3-2-4-16-12/h5-6,12H,2-4H2,1H3. The van der Waals surface area contributed by atoms with Crippen molar-refractivity contribution in [3.8, 4) is 6.07 Å². The first-order valence-electron chi connectivity index (χ1n) is 5.15. The largest absolute Gasteiger partial charge is 0.348 e. The van der Waals surface area contributed by atoms with E-state index in [0.717, 1.165) is 6.42 Å². The van der Waals surface area contributed by atoms with E-state index in [9.17, 15) is 4.39 Å². The average Bonchev–Trinajstić information content (AvgIpc) is 2.30. The van der Waals surface area contributed by atoms with E-state index in [4.69, 9.17) is 14.7 Å². The highest BCUT2D eigenvalue weighted by atomic mass is 19.1. The molecule has 1 aromatic carbocycles. The minimum absolute atomic E-state index is 0.0829. The monoisotopic (exact) mass is 221 g/mol. The lowest BCUT2D eigenvalue weighted by Crippen LogP contribution is -2.18. The summed E-state index contributed by atoms with van der Waals surface area (Å²) in [5.41, 5.74) is 1.32. The van der Waals surface area contributed by atoms with Crippen molar-refractivity contribution in [2.45, 2.75) is 19.6 Å². The molecule has 0 aliphatic carbocycles. The highest BCUT2D eigenvalue weighted by Crippen LogP contribution is 2.26. The zero-order chi connectivity index (χ0) is 11.5. The predicted molar refractivity (Wildman–Crippen MR) is 55.1 cm³/mol. The summed E-state index contributed by atoms with van der Waals surface area (Å²) in [4.78, 5) is 0. The van der Waals surface area contributed by atoms with Crippen LogP contribution in [0.5, 0.6) is 0 Å². The Bertz CT molecular complexity index is 410. The van der Waals surface area contributed by atoms with E-state index in [0.29, 0.717) is 24.3 Å². The van der Waals surface area contributed by atoms with Gasteiger partial charge in [0, 0.05) is 5.56 Å². The Morgan fingerprint density at radius 1 is 1.38 bits per heavy atom. The Balaban J connectivity index is 2.32. The minimum atomic E-state index is -0.518. The molecule has 0 saturated carbocycles. The zero-order valence-corrected chi connectivity index (χ0v) is 9.00. The first kappa shape index (κ1) is 11.1. The number of rotatable bonds is 1. The van der Waals surface area contributed by atoms with Gasteiger partial charge in [0.05, 0.1) is 18.8 Å². The van der Waals surface area contributed by atoms with Crippen LogP contribution in [0.2, 0.25) is 0 Å². The van der Waals surface area contributed by atoms with E-state index in [1.165, 1.54) is 6.07 Å². The normalized spacial score (nSPS) is 17.1. The molecule has 0 aromatic heterocycles. The zero-order valence-electron chi connectivity index (χ0n) is 9.00. The molecular weight excluding hydrogens is 209 g/mol. The van der Waals surface area contributed by atoms with Gasteiger partial charge in [0.25, 0.3) is 0 Å². The fourth-order valence-electron chi connectivity index (χ4n) is 1.73. The second kappa shape index (κ2) is 4.60. The molecule has 4 heteroatoms. The summed E-state index contributed by atoms with van der Waals surface area (Å²) in [7, 11) is 0. The van der Waals surface area contributed by atoms with Gasteiger partial charge in [0.15, 0.2) is 6.29 Å². The molecule has 1 aromatic rings. The first-order valence-corrected chi connectivity index (χ1v) is 5.15. The number of hydrogen-bond donors (Lipinski definition) is 0. The van der Waals surface area contributed by atoms with Crippen LogP contribution in [0.1, 0.15) is 29.4 Å². The Hall–Kier alpha value is -1.44. The molecule has 1 aliphatic heterocycles. The van der Waals surface area contributed by atoms with Gasteiger partial charge in [-0.05, 0) is 31.0 Å². The SMILES string of the molecule is Cc1cc(C2OCCCO2)cc(F)c1C#N. The van der Waals surface area contributed by atoms with Crippen molar-refractivity contribution < 1.29 is 13.9 Å². The average molecular weight is 221 g/mol. The van der Waals surface area contributed by atoms with E-state index in [1.807, 2.05) is 6.07 Å². The molecule has 0 amide bonds. The Labute approximate surface area is 93.4 Å². The lowest BCUT2D eigenvalue weighted by atomic mass is 10.0. The first-order chi connectivity index (χ1) is 7.72. The second-order valence-electron chi connectivity index (χ2n) is 3.73. The minimum Gasteiger partial charge on any atom is -0.348 e. The number of halogens is 1. The maximum Gasteiger partial charge on any atom is 0.183 e. The van der Waals surface area contributed by atoms with Crippen LogP contribution in [0.4, 0.5) is 4.39 Å². The maximum atomic E-state index is 13.5. The quantitative estimate of drug-likeness (QED) is 0.731. The number of hydrogen-bond acceptors (Lipinski definition) is 3.